The maximum Gasteiger partial charge on any atom is 0.192 e. The molecule has 0 saturated heterocycles. The first-order valence-corrected chi connectivity index (χ1v) is 18.0. The molecule has 1 atom stereocenters. The summed E-state index contributed by atoms with van der Waals surface area (Å²) in [6, 6.07) is 9.09. The van der Waals surface area contributed by atoms with E-state index in [4.69, 9.17) is 9.16 Å². The van der Waals surface area contributed by atoms with Crippen LogP contribution >= 0.6 is 0 Å². The van der Waals surface area contributed by atoms with Gasteiger partial charge in [-0.1, -0.05) is 74.6 Å². The Morgan fingerprint density at radius 1 is 0.938 bits per heavy atom. The Bertz CT molecular complexity index is 889. The van der Waals surface area contributed by atoms with Gasteiger partial charge in [0, 0.05) is 23.5 Å². The average Bonchev–Trinajstić information content (AvgIpc) is 3.07. The molecule has 182 valence electrons. The highest BCUT2D eigenvalue weighted by atomic mass is 28.4. The fourth-order valence-electron chi connectivity index (χ4n) is 3.39. The summed E-state index contributed by atoms with van der Waals surface area (Å²) in [5, 5.41) is 5.18. The molecule has 0 fully saturated rings. The number of benzene rings is 1. The lowest BCUT2D eigenvalue weighted by Gasteiger charge is -2.39. The number of nitrogens with zero attached hydrogens (tertiary/aromatic N) is 1. The third-order valence-electron chi connectivity index (χ3n) is 7.58. The van der Waals surface area contributed by atoms with Gasteiger partial charge in [0.25, 0.3) is 0 Å². The molecule has 1 heterocycles. The Labute approximate surface area is 199 Å². The van der Waals surface area contributed by atoms with Crippen molar-refractivity contribution < 1.29 is 9.16 Å². The molecule has 4 nitrogen and oxygen atoms in total. The van der Waals surface area contributed by atoms with Crippen molar-refractivity contribution in [1.29, 1.82) is 0 Å². The van der Waals surface area contributed by atoms with Crippen LogP contribution in [0.5, 0.6) is 5.75 Å². The zero-order chi connectivity index (χ0) is 24.5. The smallest absolute Gasteiger partial charge is 0.192 e. The lowest BCUT2D eigenvalue weighted by Crippen LogP contribution is -2.48. The predicted octanol–water partition coefficient (Wildman–Crippen LogP) is 7.26. The third-order valence-corrected chi connectivity index (χ3v) is 17.4. The van der Waals surface area contributed by atoms with Gasteiger partial charge in [0.1, 0.15) is 12.4 Å². The van der Waals surface area contributed by atoms with Crippen LogP contribution in [-0.2, 0) is 4.43 Å². The minimum Gasteiger partial charge on any atom is -0.490 e. The second kappa shape index (κ2) is 9.65. The van der Waals surface area contributed by atoms with Crippen molar-refractivity contribution >= 4 is 27.5 Å². The number of nitrogens with one attached hydrogen (secondary N) is 1. The summed E-state index contributed by atoms with van der Waals surface area (Å²) in [7, 11) is -3.60. The predicted molar refractivity (Wildman–Crippen MR) is 145 cm³/mol. The molecule has 32 heavy (non-hydrogen) atoms. The zero-order valence-electron chi connectivity index (χ0n) is 22.7. The SMILES string of the molecule is CC(C)NCC(COc1cccc2c1ccn2[Si](C)(C)C(C)(C)C)O[Si](C)(C)C(C)(C)C. The molecular weight excluding hydrogens is 428 g/mol. The lowest BCUT2D eigenvalue weighted by atomic mass is 10.2. The molecule has 0 radical (unpaired) electrons. The second-order valence-electron chi connectivity index (χ2n) is 12.6. The van der Waals surface area contributed by atoms with Crippen LogP contribution in [0.1, 0.15) is 55.4 Å². The minimum absolute atomic E-state index is 0.0241. The highest BCUT2D eigenvalue weighted by molar-refractivity contribution is 6.79. The Kier molecular flexibility index (Phi) is 8.19. The number of hydrogen-bond acceptors (Lipinski definition) is 3. The Hall–Kier alpha value is -1.09. The van der Waals surface area contributed by atoms with Crippen molar-refractivity contribution in [3.8, 4) is 5.75 Å². The van der Waals surface area contributed by atoms with Gasteiger partial charge in [0.2, 0.25) is 0 Å². The quantitative estimate of drug-likeness (QED) is 0.387. The van der Waals surface area contributed by atoms with E-state index in [1.807, 2.05) is 0 Å². The number of rotatable bonds is 9. The van der Waals surface area contributed by atoms with Crippen molar-refractivity contribution in [2.75, 3.05) is 13.2 Å². The first-order chi connectivity index (χ1) is 14.5. The molecule has 1 aromatic carbocycles. The molecule has 0 bridgehead atoms. The third kappa shape index (κ3) is 6.07. The van der Waals surface area contributed by atoms with E-state index in [0.717, 1.165) is 12.3 Å². The summed E-state index contributed by atoms with van der Waals surface area (Å²) in [5.74, 6) is 0.952. The van der Waals surface area contributed by atoms with Gasteiger partial charge in [-0.25, -0.2) is 0 Å². The maximum absolute atomic E-state index is 6.74. The van der Waals surface area contributed by atoms with Crippen LogP contribution in [0.3, 0.4) is 0 Å². The van der Waals surface area contributed by atoms with E-state index >= 15 is 0 Å². The molecule has 6 heteroatoms. The molecule has 1 N–H and O–H groups in total. The normalized spacial score (nSPS) is 14.9. The lowest BCUT2D eigenvalue weighted by molar-refractivity contribution is 0.113. The van der Waals surface area contributed by atoms with E-state index in [2.05, 4.69) is 122 Å². The van der Waals surface area contributed by atoms with Gasteiger partial charge in [-0.05, 0) is 47.6 Å². The van der Waals surface area contributed by atoms with Gasteiger partial charge in [-0.3, -0.25) is 0 Å². The maximum atomic E-state index is 6.74. The monoisotopic (exact) mass is 476 g/mol. The van der Waals surface area contributed by atoms with Gasteiger partial charge in [0.15, 0.2) is 16.6 Å². The molecule has 0 saturated carbocycles. The van der Waals surface area contributed by atoms with Crippen molar-refractivity contribution in [2.24, 2.45) is 0 Å². The fraction of sp³-hybridized carbons (Fsp3) is 0.692. The van der Waals surface area contributed by atoms with Crippen molar-refractivity contribution in [3.05, 3.63) is 30.5 Å². The number of aromatic nitrogens is 1. The Morgan fingerprint density at radius 3 is 2.09 bits per heavy atom. The Balaban J connectivity index is 2.29. The summed E-state index contributed by atoms with van der Waals surface area (Å²) in [5.41, 5.74) is 1.27. The molecule has 0 aliphatic carbocycles. The summed E-state index contributed by atoms with van der Waals surface area (Å²) >= 11 is 0. The molecule has 0 spiro atoms. The van der Waals surface area contributed by atoms with Crippen LogP contribution in [0.2, 0.25) is 36.3 Å². The highest BCUT2D eigenvalue weighted by Gasteiger charge is 2.40. The van der Waals surface area contributed by atoms with Gasteiger partial charge in [-0.15, -0.1) is 0 Å². The zero-order valence-corrected chi connectivity index (χ0v) is 24.7. The van der Waals surface area contributed by atoms with Crippen molar-refractivity contribution in [3.63, 3.8) is 0 Å². The van der Waals surface area contributed by atoms with E-state index in [-0.39, 0.29) is 16.2 Å². The summed E-state index contributed by atoms with van der Waals surface area (Å²) < 4.78 is 15.7. The number of fused-ring (bicyclic) bond motifs is 1. The van der Waals surface area contributed by atoms with Crippen molar-refractivity contribution in [1.82, 2.24) is 9.55 Å². The molecule has 0 aliphatic rings. The van der Waals surface area contributed by atoms with E-state index in [0.29, 0.717) is 12.6 Å². The molecule has 1 aromatic heterocycles. The van der Waals surface area contributed by atoms with Crippen LogP contribution in [-0.4, -0.2) is 46.1 Å². The Morgan fingerprint density at radius 2 is 1.56 bits per heavy atom. The standard InChI is InChI=1S/C26H48N2O2Si2/c1-20(2)27-18-21(30-32(11,12)26(6,7)8)19-29-24-15-13-14-23-22(24)16-17-28(23)31(9,10)25(3,4)5/h13-17,20-21,27H,18-19H2,1-12H3. The topological polar surface area (TPSA) is 35.4 Å². The van der Waals surface area contributed by atoms with E-state index in [9.17, 15) is 0 Å². The van der Waals surface area contributed by atoms with Crippen LogP contribution in [0.4, 0.5) is 0 Å². The summed E-state index contributed by atoms with van der Waals surface area (Å²) in [6.45, 7) is 29.2. The first kappa shape index (κ1) is 27.2. The van der Waals surface area contributed by atoms with Gasteiger partial charge >= 0.3 is 0 Å². The largest absolute Gasteiger partial charge is 0.490 e. The molecular formula is C26H48N2O2Si2. The number of ether oxygens (including phenoxy) is 1. The van der Waals surface area contributed by atoms with Crippen LogP contribution < -0.4 is 10.1 Å². The molecule has 2 aromatic rings. The summed E-state index contributed by atoms with van der Waals surface area (Å²) in [4.78, 5) is 0. The second-order valence-corrected chi connectivity index (χ2v) is 22.4. The van der Waals surface area contributed by atoms with Gasteiger partial charge < -0.3 is 18.7 Å². The van der Waals surface area contributed by atoms with Crippen LogP contribution in [0.15, 0.2) is 30.5 Å². The molecule has 1 unspecified atom stereocenters. The average molecular weight is 477 g/mol. The molecule has 0 aliphatic heterocycles. The number of hydrogen-bond donors (Lipinski definition) is 1. The first-order valence-electron chi connectivity index (χ1n) is 12.1. The van der Waals surface area contributed by atoms with Gasteiger partial charge in [0.05, 0.1) is 6.10 Å². The molecule has 0 amide bonds. The van der Waals surface area contributed by atoms with Gasteiger partial charge in [-0.2, -0.15) is 0 Å². The van der Waals surface area contributed by atoms with Crippen molar-refractivity contribution in [2.45, 2.75) is 104 Å². The fourth-order valence-corrected chi connectivity index (χ4v) is 6.70. The van der Waals surface area contributed by atoms with E-state index < -0.39 is 16.6 Å². The van der Waals surface area contributed by atoms with E-state index in [1.54, 1.807) is 0 Å². The summed E-state index contributed by atoms with van der Waals surface area (Å²) in [6.07, 6.45) is 2.29. The van der Waals surface area contributed by atoms with Crippen LogP contribution in [0.25, 0.3) is 10.9 Å². The highest BCUT2D eigenvalue weighted by Crippen LogP contribution is 2.40. The minimum atomic E-state index is -1.89. The van der Waals surface area contributed by atoms with Crippen LogP contribution in [0, 0.1) is 0 Å². The molecule has 2 rings (SSSR count). The van der Waals surface area contributed by atoms with E-state index in [1.165, 1.54) is 10.9 Å².